The van der Waals surface area contributed by atoms with Crippen LogP contribution in [0.25, 0.3) is 5.82 Å². The van der Waals surface area contributed by atoms with Crippen LogP contribution in [-0.2, 0) is 6.54 Å². The molecule has 0 aliphatic carbocycles. The van der Waals surface area contributed by atoms with Gasteiger partial charge in [-0.3, -0.25) is 0 Å². The summed E-state index contributed by atoms with van der Waals surface area (Å²) in [4.78, 5) is 4.31. The maximum atomic E-state index is 8.72. The van der Waals surface area contributed by atoms with Crippen molar-refractivity contribution in [3.05, 3.63) is 60.4 Å². The van der Waals surface area contributed by atoms with Crippen LogP contribution in [0.5, 0.6) is 0 Å². The largest absolute Gasteiger partial charge is 0.449 e. The van der Waals surface area contributed by atoms with Crippen molar-refractivity contribution in [3.63, 3.8) is 0 Å². The van der Waals surface area contributed by atoms with Gasteiger partial charge in [0.1, 0.15) is 11.8 Å². The molecule has 0 aliphatic heterocycles. The van der Waals surface area contributed by atoms with Gasteiger partial charge in [0.05, 0.1) is 12.2 Å². The van der Waals surface area contributed by atoms with Crippen molar-refractivity contribution < 1.29 is 4.42 Å². The first kappa shape index (κ1) is 12.0. The Kier molecular flexibility index (Phi) is 3.17. The first-order valence-corrected chi connectivity index (χ1v) is 6.04. The lowest BCUT2D eigenvalue weighted by atomic mass is 10.3. The van der Waals surface area contributed by atoms with Gasteiger partial charge in [-0.2, -0.15) is 10.4 Å². The number of rotatable bonds is 4. The molecule has 3 rings (SSSR count). The number of aromatic nitrogens is 3. The maximum Gasteiger partial charge on any atom is 0.203 e. The van der Waals surface area contributed by atoms with Gasteiger partial charge in [0.25, 0.3) is 0 Å². The number of nitriles is 1. The van der Waals surface area contributed by atoms with Crippen LogP contribution in [0.3, 0.4) is 0 Å². The van der Waals surface area contributed by atoms with Crippen LogP contribution in [0.1, 0.15) is 11.5 Å². The van der Waals surface area contributed by atoms with Crippen molar-refractivity contribution in [2.75, 3.05) is 5.32 Å². The highest BCUT2D eigenvalue weighted by molar-refractivity contribution is 5.56. The Bertz CT molecular complexity index is 739. The zero-order valence-corrected chi connectivity index (χ0v) is 10.5. The van der Waals surface area contributed by atoms with E-state index in [0.29, 0.717) is 23.9 Å². The Morgan fingerprint density at radius 2 is 2.20 bits per heavy atom. The molecule has 3 heterocycles. The fourth-order valence-electron chi connectivity index (χ4n) is 1.83. The second kappa shape index (κ2) is 5.28. The molecule has 3 aromatic rings. The Morgan fingerprint density at radius 1 is 1.25 bits per heavy atom. The summed E-state index contributed by atoms with van der Waals surface area (Å²) in [6.45, 7) is 0.474. The third kappa shape index (κ3) is 2.37. The second-order valence-electron chi connectivity index (χ2n) is 4.06. The third-order valence-electron chi connectivity index (χ3n) is 2.73. The summed E-state index contributed by atoms with van der Waals surface area (Å²) in [7, 11) is 0. The number of hydrogen-bond donors (Lipinski definition) is 1. The fraction of sp³-hybridized carbons (Fsp3) is 0.0714. The summed E-state index contributed by atoms with van der Waals surface area (Å²) in [5.74, 6) is 1.71. The van der Waals surface area contributed by atoms with Crippen LogP contribution in [0.15, 0.2) is 53.3 Å². The topological polar surface area (TPSA) is 79.7 Å². The average molecular weight is 265 g/mol. The molecule has 6 heteroatoms. The van der Waals surface area contributed by atoms with Gasteiger partial charge in [-0.25, -0.2) is 9.67 Å². The van der Waals surface area contributed by atoms with Crippen molar-refractivity contribution in [1.82, 2.24) is 14.8 Å². The normalized spacial score (nSPS) is 10.2. The van der Waals surface area contributed by atoms with Crippen molar-refractivity contribution in [1.29, 1.82) is 5.26 Å². The molecule has 3 aromatic heterocycles. The summed E-state index contributed by atoms with van der Waals surface area (Å²) >= 11 is 0. The van der Waals surface area contributed by atoms with E-state index in [9.17, 15) is 0 Å². The van der Waals surface area contributed by atoms with Gasteiger partial charge in [0.15, 0.2) is 5.82 Å². The van der Waals surface area contributed by atoms with Crippen LogP contribution < -0.4 is 5.32 Å². The number of nitrogens with zero attached hydrogens (tertiary/aromatic N) is 4. The number of nitrogens with one attached hydrogen (secondary N) is 1. The zero-order chi connectivity index (χ0) is 13.8. The number of pyridine rings is 1. The molecule has 0 saturated heterocycles. The van der Waals surface area contributed by atoms with Gasteiger partial charge in [0.2, 0.25) is 5.76 Å². The average Bonchev–Trinajstić information content (AvgIpc) is 3.17. The molecule has 98 valence electrons. The quantitative estimate of drug-likeness (QED) is 0.783. The van der Waals surface area contributed by atoms with Crippen molar-refractivity contribution in [2.45, 2.75) is 6.54 Å². The van der Waals surface area contributed by atoms with Gasteiger partial charge in [-0.15, -0.1) is 0 Å². The van der Waals surface area contributed by atoms with Crippen LogP contribution in [0.4, 0.5) is 5.69 Å². The lowest BCUT2D eigenvalue weighted by molar-refractivity contribution is 0.506. The monoisotopic (exact) mass is 265 g/mol. The maximum absolute atomic E-state index is 8.72. The van der Waals surface area contributed by atoms with E-state index < -0.39 is 0 Å². The van der Waals surface area contributed by atoms with E-state index in [1.807, 2.05) is 30.5 Å². The first-order valence-electron chi connectivity index (χ1n) is 6.04. The molecule has 0 amide bonds. The molecule has 0 radical (unpaired) electrons. The highest BCUT2D eigenvalue weighted by Crippen LogP contribution is 2.17. The van der Waals surface area contributed by atoms with Crippen LogP contribution in [0, 0.1) is 11.3 Å². The van der Waals surface area contributed by atoms with Gasteiger partial charge >= 0.3 is 0 Å². The molecule has 0 fully saturated rings. The molecular weight excluding hydrogens is 254 g/mol. The smallest absolute Gasteiger partial charge is 0.203 e. The van der Waals surface area contributed by atoms with Crippen molar-refractivity contribution >= 4 is 5.69 Å². The van der Waals surface area contributed by atoms with Crippen LogP contribution >= 0.6 is 0 Å². The van der Waals surface area contributed by atoms with Crippen LogP contribution in [0.2, 0.25) is 0 Å². The van der Waals surface area contributed by atoms with E-state index in [4.69, 9.17) is 9.68 Å². The minimum atomic E-state index is 0.306. The van der Waals surface area contributed by atoms with Gasteiger partial charge < -0.3 is 9.73 Å². The number of anilines is 1. The minimum Gasteiger partial charge on any atom is -0.449 e. The van der Waals surface area contributed by atoms with Gasteiger partial charge in [-0.05, 0) is 30.3 Å². The molecule has 0 saturated carbocycles. The number of furan rings is 1. The molecule has 0 spiro atoms. The predicted octanol–water partition coefficient (Wildman–Crippen LogP) is 2.34. The minimum absolute atomic E-state index is 0.306. The molecule has 20 heavy (non-hydrogen) atoms. The SMILES string of the molecule is N#Cc1ccc(CNc2cccnc2-n2cccn2)o1. The van der Waals surface area contributed by atoms with Crippen molar-refractivity contribution in [3.8, 4) is 11.9 Å². The fourth-order valence-corrected chi connectivity index (χ4v) is 1.83. The van der Waals surface area contributed by atoms with E-state index in [1.165, 1.54) is 0 Å². The van der Waals surface area contributed by atoms with E-state index in [0.717, 1.165) is 5.69 Å². The molecule has 0 unspecified atom stereocenters. The second-order valence-corrected chi connectivity index (χ2v) is 4.06. The van der Waals surface area contributed by atoms with Gasteiger partial charge in [-0.1, -0.05) is 0 Å². The standard InChI is InChI=1S/C14H11N5O/c15-9-11-4-5-12(20-11)10-17-13-3-1-6-16-14(13)19-8-2-7-18-19/h1-8,17H,10H2. The zero-order valence-electron chi connectivity index (χ0n) is 10.5. The highest BCUT2D eigenvalue weighted by Gasteiger charge is 2.07. The molecular formula is C14H11N5O. The molecule has 0 atom stereocenters. The summed E-state index contributed by atoms with van der Waals surface area (Å²) in [5, 5.41) is 16.1. The van der Waals surface area contributed by atoms with E-state index >= 15 is 0 Å². The third-order valence-corrected chi connectivity index (χ3v) is 2.73. The Balaban J connectivity index is 1.80. The lowest BCUT2D eigenvalue weighted by Gasteiger charge is -2.09. The lowest BCUT2D eigenvalue weighted by Crippen LogP contribution is -2.06. The first-order chi connectivity index (χ1) is 9.86. The van der Waals surface area contributed by atoms with Crippen LogP contribution in [-0.4, -0.2) is 14.8 Å². The molecule has 0 aromatic carbocycles. The summed E-state index contributed by atoms with van der Waals surface area (Å²) in [5.41, 5.74) is 0.839. The molecule has 0 aliphatic rings. The van der Waals surface area contributed by atoms with Gasteiger partial charge in [0, 0.05) is 18.6 Å². The Morgan fingerprint density at radius 3 is 2.95 bits per heavy atom. The molecule has 6 nitrogen and oxygen atoms in total. The van der Waals surface area contributed by atoms with Crippen molar-refractivity contribution in [2.24, 2.45) is 0 Å². The van der Waals surface area contributed by atoms with E-state index in [-0.39, 0.29) is 0 Å². The summed E-state index contributed by atoms with van der Waals surface area (Å²) < 4.78 is 7.00. The summed E-state index contributed by atoms with van der Waals surface area (Å²) in [6, 6.07) is 11.0. The highest BCUT2D eigenvalue weighted by atomic mass is 16.3. The summed E-state index contributed by atoms with van der Waals surface area (Å²) in [6.07, 6.45) is 5.24. The Hall–Kier alpha value is -3.07. The molecule has 1 N–H and O–H groups in total. The Labute approximate surface area is 115 Å². The predicted molar refractivity (Wildman–Crippen MR) is 72.1 cm³/mol. The van der Waals surface area contributed by atoms with E-state index in [1.54, 1.807) is 29.2 Å². The molecule has 0 bridgehead atoms. The number of hydrogen-bond acceptors (Lipinski definition) is 5. The van der Waals surface area contributed by atoms with E-state index in [2.05, 4.69) is 15.4 Å².